The molecule has 1 aliphatic rings. The van der Waals surface area contributed by atoms with Crippen LogP contribution in [0.1, 0.15) is 34.7 Å². The molecule has 0 saturated carbocycles. The first-order valence-corrected chi connectivity index (χ1v) is 9.83. The molecule has 1 amide bonds. The maximum Gasteiger partial charge on any atom is 0.274 e. The molecule has 4 rings (SSSR count). The molecule has 1 saturated heterocycles. The Morgan fingerprint density at radius 2 is 1.96 bits per heavy atom. The Morgan fingerprint density at radius 1 is 1.21 bits per heavy atom. The van der Waals surface area contributed by atoms with Crippen LogP contribution in [0, 0.1) is 0 Å². The molecule has 1 atom stereocenters. The molecule has 6 nitrogen and oxygen atoms in total. The highest BCUT2D eigenvalue weighted by molar-refractivity contribution is 6.31. The number of pyridine rings is 1. The number of nitrogens with zero attached hydrogens (tertiary/aromatic N) is 3. The van der Waals surface area contributed by atoms with Crippen molar-refractivity contribution in [1.82, 2.24) is 19.6 Å². The molecule has 3 heterocycles. The third-order valence-corrected chi connectivity index (χ3v) is 5.42. The number of fused-ring (bicyclic) bond motifs is 1. The van der Waals surface area contributed by atoms with E-state index in [1.54, 1.807) is 0 Å². The number of nitrogens with one attached hydrogen (secondary N) is 1. The molecule has 1 fully saturated rings. The fourth-order valence-electron chi connectivity index (χ4n) is 3.49. The zero-order valence-electron chi connectivity index (χ0n) is 15.8. The van der Waals surface area contributed by atoms with Gasteiger partial charge in [-0.1, -0.05) is 35.9 Å². The van der Waals surface area contributed by atoms with Gasteiger partial charge in [-0.05, 0) is 30.7 Å². The number of carbonyl (C=O) groups excluding carboxylic acids is 1. The van der Waals surface area contributed by atoms with E-state index in [4.69, 9.17) is 16.3 Å². The van der Waals surface area contributed by atoms with Crippen LogP contribution in [0.25, 0.3) is 5.65 Å². The topological polar surface area (TPSA) is 58.9 Å². The van der Waals surface area contributed by atoms with E-state index >= 15 is 0 Å². The van der Waals surface area contributed by atoms with Gasteiger partial charge in [0.2, 0.25) is 0 Å². The molecule has 1 N–H and O–H groups in total. The summed E-state index contributed by atoms with van der Waals surface area (Å²) in [7, 11) is 0. The molecule has 0 aliphatic carbocycles. The van der Waals surface area contributed by atoms with Gasteiger partial charge >= 0.3 is 0 Å². The third kappa shape index (κ3) is 3.76. The Morgan fingerprint density at radius 3 is 2.75 bits per heavy atom. The molecule has 146 valence electrons. The molecule has 1 aliphatic heterocycles. The van der Waals surface area contributed by atoms with Crippen molar-refractivity contribution < 1.29 is 9.53 Å². The lowest BCUT2D eigenvalue weighted by atomic mass is 10.1. The van der Waals surface area contributed by atoms with Crippen LogP contribution < -0.4 is 5.32 Å². The van der Waals surface area contributed by atoms with E-state index in [1.165, 1.54) is 0 Å². The SMILES string of the molecule is C[C@H](NCc1c(C(=O)N2CCOCC2)nc2ccccn12)c1ccccc1Cl. The van der Waals surface area contributed by atoms with Crippen LogP contribution in [0.3, 0.4) is 0 Å². The smallest absolute Gasteiger partial charge is 0.274 e. The van der Waals surface area contributed by atoms with Crippen LogP contribution in [0.4, 0.5) is 0 Å². The van der Waals surface area contributed by atoms with E-state index in [9.17, 15) is 4.79 Å². The molecule has 0 radical (unpaired) electrons. The van der Waals surface area contributed by atoms with Gasteiger partial charge in [-0.25, -0.2) is 4.98 Å². The van der Waals surface area contributed by atoms with E-state index in [-0.39, 0.29) is 11.9 Å². The van der Waals surface area contributed by atoms with Gasteiger partial charge in [0.25, 0.3) is 5.91 Å². The summed E-state index contributed by atoms with van der Waals surface area (Å²) < 4.78 is 7.34. The van der Waals surface area contributed by atoms with Gasteiger partial charge in [0.05, 0.1) is 18.9 Å². The molecule has 28 heavy (non-hydrogen) atoms. The second-order valence-corrected chi connectivity index (χ2v) is 7.27. The van der Waals surface area contributed by atoms with Gasteiger partial charge in [0.15, 0.2) is 5.69 Å². The van der Waals surface area contributed by atoms with E-state index in [2.05, 4.69) is 17.2 Å². The van der Waals surface area contributed by atoms with Crippen molar-refractivity contribution in [3.63, 3.8) is 0 Å². The lowest BCUT2D eigenvalue weighted by Crippen LogP contribution is -2.41. The summed E-state index contributed by atoms with van der Waals surface area (Å²) in [4.78, 5) is 19.5. The summed E-state index contributed by atoms with van der Waals surface area (Å²) in [5.74, 6) is -0.0470. The first-order chi connectivity index (χ1) is 13.6. The Balaban J connectivity index is 1.61. The van der Waals surface area contributed by atoms with Crippen LogP contribution in [0.15, 0.2) is 48.7 Å². The van der Waals surface area contributed by atoms with Crippen molar-refractivity contribution in [3.8, 4) is 0 Å². The largest absolute Gasteiger partial charge is 0.378 e. The lowest BCUT2D eigenvalue weighted by molar-refractivity contribution is 0.0298. The van der Waals surface area contributed by atoms with Crippen molar-refractivity contribution in [2.45, 2.75) is 19.5 Å². The number of morpholine rings is 1. The monoisotopic (exact) mass is 398 g/mol. The van der Waals surface area contributed by atoms with Crippen LogP contribution in [0.2, 0.25) is 5.02 Å². The Kier molecular flexibility index (Phi) is 5.62. The number of hydrogen-bond acceptors (Lipinski definition) is 4. The Labute approximate surface area is 169 Å². The molecule has 0 bridgehead atoms. The molecular weight excluding hydrogens is 376 g/mol. The summed E-state index contributed by atoms with van der Waals surface area (Å²) in [5, 5.41) is 4.22. The predicted molar refractivity (Wildman–Crippen MR) is 109 cm³/mol. The summed E-state index contributed by atoms with van der Waals surface area (Å²) in [6.45, 7) is 4.88. The predicted octanol–water partition coefficient (Wildman–Crippen LogP) is 3.31. The zero-order valence-corrected chi connectivity index (χ0v) is 16.5. The van der Waals surface area contributed by atoms with Crippen molar-refractivity contribution in [3.05, 3.63) is 70.6 Å². The number of amides is 1. The maximum atomic E-state index is 13.1. The number of hydrogen-bond donors (Lipinski definition) is 1. The number of ether oxygens (including phenoxy) is 1. The van der Waals surface area contributed by atoms with Gasteiger partial charge in [0.1, 0.15) is 5.65 Å². The summed E-state index contributed by atoms with van der Waals surface area (Å²) in [5.41, 5.74) is 3.14. The number of carbonyl (C=O) groups is 1. The second kappa shape index (κ2) is 8.31. The average molecular weight is 399 g/mol. The van der Waals surface area contributed by atoms with Gasteiger partial charge < -0.3 is 19.4 Å². The lowest BCUT2D eigenvalue weighted by Gasteiger charge is -2.26. The van der Waals surface area contributed by atoms with Crippen LogP contribution in [0.5, 0.6) is 0 Å². The minimum atomic E-state index is -0.0470. The molecule has 7 heteroatoms. The van der Waals surface area contributed by atoms with E-state index < -0.39 is 0 Å². The molecular formula is C21H23ClN4O2. The molecule has 2 aromatic heterocycles. The minimum Gasteiger partial charge on any atom is -0.378 e. The number of halogens is 1. The van der Waals surface area contributed by atoms with E-state index in [0.29, 0.717) is 38.5 Å². The highest BCUT2D eigenvalue weighted by Crippen LogP contribution is 2.23. The van der Waals surface area contributed by atoms with Crippen LogP contribution in [-0.4, -0.2) is 46.5 Å². The van der Waals surface area contributed by atoms with Gasteiger partial charge in [-0.2, -0.15) is 0 Å². The minimum absolute atomic E-state index is 0.0364. The maximum absolute atomic E-state index is 13.1. The fourth-order valence-corrected chi connectivity index (χ4v) is 3.79. The van der Waals surface area contributed by atoms with Gasteiger partial charge in [-0.15, -0.1) is 0 Å². The molecule has 1 aromatic carbocycles. The first kappa shape index (κ1) is 18.9. The number of aromatic nitrogens is 2. The second-order valence-electron chi connectivity index (χ2n) is 6.86. The zero-order chi connectivity index (χ0) is 19.5. The van der Waals surface area contributed by atoms with Gasteiger partial charge in [0, 0.05) is 36.9 Å². The average Bonchev–Trinajstić information content (AvgIpc) is 3.11. The standard InChI is InChI=1S/C21H23ClN4O2/c1-15(16-6-2-3-7-17(16)22)23-14-18-20(21(27)25-10-12-28-13-11-25)24-19-8-4-5-9-26(18)19/h2-9,15,23H,10-14H2,1H3/t15-/m0/s1. The molecule has 0 unspecified atom stereocenters. The van der Waals surface area contributed by atoms with Crippen molar-refractivity contribution in [1.29, 1.82) is 0 Å². The normalized spacial score (nSPS) is 15.7. The highest BCUT2D eigenvalue weighted by atomic mass is 35.5. The summed E-state index contributed by atoms with van der Waals surface area (Å²) >= 11 is 6.33. The van der Waals surface area contributed by atoms with Crippen LogP contribution in [-0.2, 0) is 11.3 Å². The van der Waals surface area contributed by atoms with Crippen LogP contribution >= 0.6 is 11.6 Å². The number of imidazole rings is 1. The van der Waals surface area contributed by atoms with Gasteiger partial charge in [-0.3, -0.25) is 4.79 Å². The molecule has 0 spiro atoms. The van der Waals surface area contributed by atoms with Crippen molar-refractivity contribution >= 4 is 23.2 Å². The summed E-state index contributed by atoms with van der Waals surface area (Å²) in [6, 6.07) is 13.6. The molecule has 3 aromatic rings. The van der Waals surface area contributed by atoms with E-state index in [1.807, 2.05) is 58.0 Å². The Hall–Kier alpha value is -2.41. The third-order valence-electron chi connectivity index (χ3n) is 5.08. The summed E-state index contributed by atoms with van der Waals surface area (Å²) in [6.07, 6.45) is 1.94. The van der Waals surface area contributed by atoms with E-state index in [0.717, 1.165) is 21.9 Å². The van der Waals surface area contributed by atoms with Crippen molar-refractivity contribution in [2.75, 3.05) is 26.3 Å². The fraction of sp³-hybridized carbons (Fsp3) is 0.333. The number of benzene rings is 1. The quantitative estimate of drug-likeness (QED) is 0.716. The Bertz CT molecular complexity index is 981. The first-order valence-electron chi connectivity index (χ1n) is 9.46. The highest BCUT2D eigenvalue weighted by Gasteiger charge is 2.25. The van der Waals surface area contributed by atoms with Crippen molar-refractivity contribution in [2.24, 2.45) is 0 Å². The number of rotatable bonds is 5.